The topological polar surface area (TPSA) is 124 Å². The lowest BCUT2D eigenvalue weighted by atomic mass is 10.0. The molecular formula is C23H22F7N4O6P. The molecule has 10 nitrogen and oxygen atoms in total. The normalized spacial score (nSPS) is 22.1. The lowest BCUT2D eigenvalue weighted by Crippen LogP contribution is -2.45. The SMILES string of the molecule is C[C@@H](O[C@H]1OCCN(/C=C2\NC(=O)N(P(=O)(O)O)N2)[C@H]1c1ccc(F)cc1)c1cc(C(F)(F)F)cc(C(F)(F)F)c1. The molecule has 0 aromatic heterocycles. The van der Waals surface area contributed by atoms with Gasteiger partial charge in [0, 0.05) is 12.7 Å². The zero-order chi connectivity index (χ0) is 30.3. The molecule has 0 bridgehead atoms. The third-order valence-corrected chi connectivity index (χ3v) is 6.89. The molecule has 2 fully saturated rings. The number of hydrogen-bond donors (Lipinski definition) is 4. The van der Waals surface area contributed by atoms with Crippen molar-refractivity contribution in [2.24, 2.45) is 0 Å². The fraction of sp³-hybridized carbons (Fsp3) is 0.348. The van der Waals surface area contributed by atoms with E-state index in [1.807, 2.05) is 0 Å². The number of ether oxygens (including phenoxy) is 2. The van der Waals surface area contributed by atoms with Crippen LogP contribution in [-0.4, -0.2) is 44.9 Å². The van der Waals surface area contributed by atoms with Crippen molar-refractivity contribution in [2.75, 3.05) is 13.2 Å². The highest BCUT2D eigenvalue weighted by molar-refractivity contribution is 7.49. The number of hydrogen-bond acceptors (Lipinski definition) is 6. The van der Waals surface area contributed by atoms with Gasteiger partial charge in [-0.2, -0.15) is 26.3 Å². The van der Waals surface area contributed by atoms with Gasteiger partial charge in [-0.25, -0.2) is 13.8 Å². The standard InChI is InChI=1S/C23H22F7N4O6P/c1-12(14-8-15(22(25,26)27)10-16(9-14)23(28,29)30)40-20-19(13-2-4-17(24)5-3-13)33(6-7-39-20)11-18-31-21(35)34(32-18)41(36,37)38/h2-5,8-12,19-20,32H,6-7H2,1H3,(H,31,35)(H2,36,37,38)/b18-11+/t12-,19+,20-/m1/s1. The van der Waals surface area contributed by atoms with Gasteiger partial charge in [0.05, 0.1) is 23.8 Å². The van der Waals surface area contributed by atoms with Gasteiger partial charge in [-0.1, -0.05) is 12.1 Å². The number of halogens is 7. The van der Waals surface area contributed by atoms with Crippen molar-refractivity contribution in [3.63, 3.8) is 0 Å². The van der Waals surface area contributed by atoms with Crippen LogP contribution in [0.2, 0.25) is 0 Å². The van der Waals surface area contributed by atoms with Crippen LogP contribution in [0.3, 0.4) is 0 Å². The molecule has 0 unspecified atom stereocenters. The Morgan fingerprint density at radius 3 is 2.17 bits per heavy atom. The molecule has 0 aliphatic carbocycles. The van der Waals surface area contributed by atoms with E-state index in [-0.39, 0.29) is 29.8 Å². The van der Waals surface area contributed by atoms with E-state index < -0.39 is 67.1 Å². The Morgan fingerprint density at radius 1 is 1.07 bits per heavy atom. The molecule has 2 heterocycles. The maximum Gasteiger partial charge on any atom is 0.452 e. The predicted molar refractivity (Wildman–Crippen MR) is 125 cm³/mol. The quantitative estimate of drug-likeness (QED) is 0.272. The number of alkyl halides is 6. The maximum absolute atomic E-state index is 13.7. The molecule has 18 heteroatoms. The van der Waals surface area contributed by atoms with Crippen LogP contribution >= 0.6 is 7.75 Å². The monoisotopic (exact) mass is 614 g/mol. The van der Waals surface area contributed by atoms with Crippen LogP contribution in [0, 0.1) is 5.82 Å². The highest BCUT2D eigenvalue weighted by atomic mass is 31.2. The molecular weight excluding hydrogens is 592 g/mol. The van der Waals surface area contributed by atoms with Crippen molar-refractivity contribution in [1.29, 1.82) is 0 Å². The molecule has 41 heavy (non-hydrogen) atoms. The molecule has 0 saturated carbocycles. The molecule has 2 aliphatic heterocycles. The van der Waals surface area contributed by atoms with E-state index in [0.717, 1.165) is 12.1 Å². The molecule has 2 aliphatic rings. The summed E-state index contributed by atoms with van der Waals surface area (Å²) in [5.41, 5.74) is -0.942. The Morgan fingerprint density at radius 2 is 1.66 bits per heavy atom. The molecule has 2 saturated heterocycles. The summed E-state index contributed by atoms with van der Waals surface area (Å²) in [5, 5.41) is 2.21. The summed E-state index contributed by atoms with van der Waals surface area (Å²) in [5.74, 6) is -0.779. The van der Waals surface area contributed by atoms with Crippen molar-refractivity contribution < 1.29 is 59.4 Å². The molecule has 224 valence electrons. The number of hydrazine groups is 1. The lowest BCUT2D eigenvalue weighted by Gasteiger charge is -2.41. The second kappa shape index (κ2) is 11.1. The summed E-state index contributed by atoms with van der Waals surface area (Å²) >= 11 is 0. The highest BCUT2D eigenvalue weighted by Gasteiger charge is 2.41. The average molecular weight is 614 g/mol. The van der Waals surface area contributed by atoms with Gasteiger partial charge < -0.3 is 24.2 Å². The van der Waals surface area contributed by atoms with Crippen molar-refractivity contribution in [1.82, 2.24) is 20.4 Å². The minimum Gasteiger partial charge on any atom is -0.360 e. The van der Waals surface area contributed by atoms with Gasteiger partial charge in [0.15, 0.2) is 6.29 Å². The fourth-order valence-electron chi connectivity index (χ4n) is 4.19. The van der Waals surface area contributed by atoms with Crippen molar-refractivity contribution in [3.8, 4) is 0 Å². The number of nitrogens with one attached hydrogen (secondary N) is 2. The number of carbonyl (C=O) groups is 1. The third kappa shape index (κ3) is 7.11. The highest BCUT2D eigenvalue weighted by Crippen LogP contribution is 2.41. The fourth-order valence-corrected chi connectivity index (χ4v) is 4.72. The van der Waals surface area contributed by atoms with Crippen LogP contribution in [0.1, 0.15) is 41.3 Å². The summed E-state index contributed by atoms with van der Waals surface area (Å²) in [6.07, 6.45) is -11.6. The van der Waals surface area contributed by atoms with Crippen LogP contribution in [0.25, 0.3) is 0 Å². The van der Waals surface area contributed by atoms with Crippen molar-refractivity contribution in [3.05, 3.63) is 82.6 Å². The van der Waals surface area contributed by atoms with Gasteiger partial charge in [0.25, 0.3) is 0 Å². The predicted octanol–water partition coefficient (Wildman–Crippen LogP) is 4.76. The number of rotatable bonds is 6. The van der Waals surface area contributed by atoms with E-state index in [0.29, 0.717) is 17.7 Å². The largest absolute Gasteiger partial charge is 0.452 e. The summed E-state index contributed by atoms with van der Waals surface area (Å²) < 4.78 is 117. The number of carbonyl (C=O) groups excluding carboxylic acids is 1. The molecule has 4 rings (SSSR count). The maximum atomic E-state index is 13.7. The zero-order valence-corrected chi connectivity index (χ0v) is 21.7. The van der Waals surface area contributed by atoms with Gasteiger partial charge >= 0.3 is 26.1 Å². The van der Waals surface area contributed by atoms with E-state index in [1.165, 1.54) is 30.2 Å². The van der Waals surface area contributed by atoms with Crippen molar-refractivity contribution in [2.45, 2.75) is 37.7 Å². The third-order valence-electron chi connectivity index (χ3n) is 6.09. The Kier molecular flexibility index (Phi) is 8.30. The summed E-state index contributed by atoms with van der Waals surface area (Å²) in [7, 11) is -5.04. The number of morpholine rings is 1. The average Bonchev–Trinajstić information content (AvgIpc) is 3.24. The minimum absolute atomic E-state index is 0.00756. The van der Waals surface area contributed by atoms with Gasteiger partial charge in [0.2, 0.25) is 0 Å². The number of nitrogens with zero attached hydrogens (tertiary/aromatic N) is 2. The second-order valence-electron chi connectivity index (χ2n) is 9.00. The Labute approximate surface area is 227 Å². The first-order chi connectivity index (χ1) is 18.9. The minimum atomic E-state index is -5.07. The Balaban J connectivity index is 1.68. The van der Waals surface area contributed by atoms with Crippen LogP contribution in [0.15, 0.2) is 54.5 Å². The first kappa shape index (κ1) is 30.6. The van der Waals surface area contributed by atoms with Crippen LogP contribution in [-0.2, 0) is 26.4 Å². The van der Waals surface area contributed by atoms with Gasteiger partial charge in [-0.05, 0) is 48.4 Å². The molecule has 0 spiro atoms. The molecule has 4 N–H and O–H groups in total. The summed E-state index contributed by atoms with van der Waals surface area (Å²) in [6.45, 7) is 1.23. The summed E-state index contributed by atoms with van der Waals surface area (Å²) in [6, 6.07) is 3.77. The summed E-state index contributed by atoms with van der Waals surface area (Å²) in [4.78, 5) is 32.1. The number of urea groups is 1. The zero-order valence-electron chi connectivity index (χ0n) is 20.8. The smallest absolute Gasteiger partial charge is 0.360 e. The second-order valence-corrected chi connectivity index (χ2v) is 10.4. The molecule has 3 atom stereocenters. The van der Waals surface area contributed by atoms with Gasteiger partial charge in [0.1, 0.15) is 17.7 Å². The molecule has 2 aromatic carbocycles. The molecule has 2 aromatic rings. The lowest BCUT2D eigenvalue weighted by molar-refractivity contribution is -0.222. The van der Waals surface area contributed by atoms with E-state index in [4.69, 9.17) is 9.47 Å². The van der Waals surface area contributed by atoms with E-state index >= 15 is 0 Å². The first-order valence-corrected chi connectivity index (χ1v) is 13.2. The van der Waals surface area contributed by atoms with Crippen molar-refractivity contribution >= 4 is 13.8 Å². The van der Waals surface area contributed by atoms with E-state index in [9.17, 15) is 49.9 Å². The van der Waals surface area contributed by atoms with Gasteiger partial charge in [-0.3, -0.25) is 10.7 Å². The van der Waals surface area contributed by atoms with E-state index in [2.05, 4.69) is 10.7 Å². The molecule has 0 radical (unpaired) electrons. The number of amides is 2. The van der Waals surface area contributed by atoms with Crippen LogP contribution in [0.5, 0.6) is 0 Å². The first-order valence-electron chi connectivity index (χ1n) is 11.7. The Hall–Kier alpha value is -3.37. The number of benzene rings is 2. The Bertz CT molecular complexity index is 1330. The van der Waals surface area contributed by atoms with Crippen LogP contribution in [0.4, 0.5) is 35.5 Å². The van der Waals surface area contributed by atoms with Gasteiger partial charge in [-0.15, -0.1) is 4.78 Å². The molecule has 2 amide bonds. The van der Waals surface area contributed by atoms with E-state index in [1.54, 1.807) is 0 Å². The van der Waals surface area contributed by atoms with Crippen LogP contribution < -0.4 is 10.7 Å².